The summed E-state index contributed by atoms with van der Waals surface area (Å²) in [5.74, 6) is 0. The van der Waals surface area contributed by atoms with Gasteiger partial charge < -0.3 is 10.1 Å². The molecule has 0 unspecified atom stereocenters. The molecule has 0 bridgehead atoms. The molecule has 1 aromatic heterocycles. The lowest BCUT2D eigenvalue weighted by Crippen LogP contribution is -2.18. The molecule has 4 heteroatoms. The van der Waals surface area contributed by atoms with Crippen molar-refractivity contribution in [2.75, 3.05) is 19.8 Å². The van der Waals surface area contributed by atoms with Crippen molar-refractivity contribution in [2.45, 2.75) is 26.3 Å². The largest absolute Gasteiger partial charge is 0.380 e. The van der Waals surface area contributed by atoms with E-state index in [0.29, 0.717) is 0 Å². The molecule has 1 heterocycles. The number of thiophene rings is 1. The number of hydrogen-bond donors (Lipinski definition) is 1. The molecule has 0 aliphatic rings. The molecular formula is C11H18BrNOS. The number of rotatable bonds is 8. The van der Waals surface area contributed by atoms with Crippen LogP contribution in [0.2, 0.25) is 0 Å². The third kappa shape index (κ3) is 6.30. The van der Waals surface area contributed by atoms with E-state index in [2.05, 4.69) is 40.3 Å². The Labute approximate surface area is 104 Å². The first-order valence-electron chi connectivity index (χ1n) is 5.35. The van der Waals surface area contributed by atoms with Gasteiger partial charge in [-0.2, -0.15) is 0 Å². The highest BCUT2D eigenvalue weighted by Gasteiger charge is 1.96. The summed E-state index contributed by atoms with van der Waals surface area (Å²) in [7, 11) is 0. The van der Waals surface area contributed by atoms with Gasteiger partial charge in [0.15, 0.2) is 0 Å². The van der Waals surface area contributed by atoms with Crippen LogP contribution in [0.15, 0.2) is 15.9 Å². The molecule has 1 aromatic rings. The Hall–Kier alpha value is 0.1000. The van der Waals surface area contributed by atoms with E-state index in [1.807, 2.05) is 0 Å². The highest BCUT2D eigenvalue weighted by Crippen LogP contribution is 2.21. The molecule has 0 aliphatic carbocycles. The van der Waals surface area contributed by atoms with E-state index in [1.165, 1.54) is 15.1 Å². The van der Waals surface area contributed by atoms with Crippen molar-refractivity contribution >= 4 is 27.3 Å². The summed E-state index contributed by atoms with van der Waals surface area (Å²) in [5.41, 5.74) is 0. The normalized spacial score (nSPS) is 10.8. The average molecular weight is 292 g/mol. The summed E-state index contributed by atoms with van der Waals surface area (Å²) in [6.07, 6.45) is 2.37. The minimum Gasteiger partial charge on any atom is -0.380 e. The predicted molar refractivity (Wildman–Crippen MR) is 69.5 cm³/mol. The zero-order valence-corrected chi connectivity index (χ0v) is 11.5. The van der Waals surface area contributed by atoms with Crippen LogP contribution >= 0.6 is 27.3 Å². The molecule has 0 spiro atoms. The van der Waals surface area contributed by atoms with Crippen LogP contribution in [0.25, 0.3) is 0 Å². The monoisotopic (exact) mass is 291 g/mol. The van der Waals surface area contributed by atoms with Gasteiger partial charge in [-0.25, -0.2) is 0 Å². The third-order valence-electron chi connectivity index (χ3n) is 1.99. The van der Waals surface area contributed by atoms with E-state index in [1.54, 1.807) is 11.3 Å². The molecule has 86 valence electrons. The van der Waals surface area contributed by atoms with Crippen molar-refractivity contribution in [2.24, 2.45) is 0 Å². The maximum absolute atomic E-state index is 5.45. The Bertz CT molecular complexity index is 265. The van der Waals surface area contributed by atoms with Crippen LogP contribution in [-0.2, 0) is 11.3 Å². The molecule has 0 saturated carbocycles. The van der Waals surface area contributed by atoms with Gasteiger partial charge in [-0.3, -0.25) is 0 Å². The molecule has 1 rings (SSSR count). The smallest absolute Gasteiger partial charge is 0.0701 e. The zero-order chi connectivity index (χ0) is 10.9. The van der Waals surface area contributed by atoms with Crippen LogP contribution in [0.4, 0.5) is 0 Å². The van der Waals surface area contributed by atoms with Crippen LogP contribution in [0.5, 0.6) is 0 Å². The van der Waals surface area contributed by atoms with Crippen LogP contribution < -0.4 is 5.32 Å². The predicted octanol–water partition coefficient (Wildman–Crippen LogP) is 3.42. The van der Waals surface area contributed by atoms with Gasteiger partial charge in [0, 0.05) is 24.6 Å². The first kappa shape index (κ1) is 13.2. The molecule has 15 heavy (non-hydrogen) atoms. The quantitative estimate of drug-likeness (QED) is 0.741. The summed E-state index contributed by atoms with van der Waals surface area (Å²) in [6, 6.07) is 4.22. The third-order valence-corrected chi connectivity index (χ3v) is 3.62. The second-order valence-electron chi connectivity index (χ2n) is 3.35. The molecule has 0 aliphatic heterocycles. The van der Waals surface area contributed by atoms with Crippen LogP contribution in [0.3, 0.4) is 0 Å². The Morgan fingerprint density at radius 2 is 2.27 bits per heavy atom. The van der Waals surface area contributed by atoms with Crippen LogP contribution in [-0.4, -0.2) is 19.8 Å². The van der Waals surface area contributed by atoms with Gasteiger partial charge in [0.05, 0.1) is 10.4 Å². The van der Waals surface area contributed by atoms with Crippen LogP contribution in [0.1, 0.15) is 24.6 Å². The molecule has 0 amide bonds. The lowest BCUT2D eigenvalue weighted by atomic mass is 10.4. The van der Waals surface area contributed by atoms with Crippen molar-refractivity contribution in [1.82, 2.24) is 5.32 Å². The van der Waals surface area contributed by atoms with E-state index < -0.39 is 0 Å². The summed E-state index contributed by atoms with van der Waals surface area (Å²) in [5, 5.41) is 3.36. The second kappa shape index (κ2) is 8.28. The van der Waals surface area contributed by atoms with Gasteiger partial charge in [-0.05, 0) is 34.5 Å². The van der Waals surface area contributed by atoms with Crippen molar-refractivity contribution < 1.29 is 4.74 Å². The number of nitrogens with one attached hydrogen (secondary N) is 1. The first-order chi connectivity index (χ1) is 7.33. The topological polar surface area (TPSA) is 21.3 Å². The van der Waals surface area contributed by atoms with E-state index in [-0.39, 0.29) is 0 Å². The molecule has 0 saturated heterocycles. The lowest BCUT2D eigenvalue weighted by Gasteiger charge is -2.04. The fraction of sp³-hybridized carbons (Fsp3) is 0.636. The standard InChI is InChI=1S/C11H18BrNOS/c1-2-3-7-14-8-6-13-9-10-4-5-11(12)15-10/h4-5,13H,2-3,6-9H2,1H3. The minimum atomic E-state index is 0.812. The molecular weight excluding hydrogens is 274 g/mol. The van der Waals surface area contributed by atoms with Crippen molar-refractivity contribution in [3.63, 3.8) is 0 Å². The van der Waals surface area contributed by atoms with Crippen molar-refractivity contribution in [3.8, 4) is 0 Å². The number of hydrogen-bond acceptors (Lipinski definition) is 3. The Morgan fingerprint density at radius 1 is 1.40 bits per heavy atom. The van der Waals surface area contributed by atoms with E-state index in [9.17, 15) is 0 Å². The minimum absolute atomic E-state index is 0.812. The Balaban J connectivity index is 1.93. The fourth-order valence-electron chi connectivity index (χ4n) is 1.15. The highest BCUT2D eigenvalue weighted by molar-refractivity contribution is 9.11. The summed E-state index contributed by atoms with van der Waals surface area (Å²) in [6.45, 7) is 5.75. The fourth-order valence-corrected chi connectivity index (χ4v) is 2.60. The van der Waals surface area contributed by atoms with Crippen molar-refractivity contribution in [1.29, 1.82) is 0 Å². The van der Waals surface area contributed by atoms with E-state index >= 15 is 0 Å². The molecule has 0 fully saturated rings. The van der Waals surface area contributed by atoms with Gasteiger partial charge in [0.2, 0.25) is 0 Å². The number of unbranched alkanes of at least 4 members (excludes halogenated alkanes) is 1. The molecule has 1 N–H and O–H groups in total. The first-order valence-corrected chi connectivity index (χ1v) is 6.96. The SMILES string of the molecule is CCCCOCCNCc1ccc(Br)s1. The van der Waals surface area contributed by atoms with E-state index in [4.69, 9.17) is 4.74 Å². The Morgan fingerprint density at radius 3 is 2.93 bits per heavy atom. The highest BCUT2D eigenvalue weighted by atomic mass is 79.9. The van der Waals surface area contributed by atoms with Crippen molar-refractivity contribution in [3.05, 3.63) is 20.8 Å². The van der Waals surface area contributed by atoms with Gasteiger partial charge >= 0.3 is 0 Å². The summed E-state index contributed by atoms with van der Waals surface area (Å²) in [4.78, 5) is 1.36. The zero-order valence-electron chi connectivity index (χ0n) is 9.09. The number of halogens is 1. The average Bonchev–Trinajstić information content (AvgIpc) is 2.63. The maximum atomic E-state index is 5.45. The summed E-state index contributed by atoms with van der Waals surface area (Å²) >= 11 is 5.22. The van der Waals surface area contributed by atoms with E-state index in [0.717, 1.165) is 32.7 Å². The Kier molecular flexibility index (Phi) is 7.26. The molecule has 0 aromatic carbocycles. The van der Waals surface area contributed by atoms with Gasteiger partial charge in [0.1, 0.15) is 0 Å². The van der Waals surface area contributed by atoms with Gasteiger partial charge in [-0.1, -0.05) is 13.3 Å². The second-order valence-corrected chi connectivity index (χ2v) is 5.90. The van der Waals surface area contributed by atoms with Gasteiger partial charge in [-0.15, -0.1) is 11.3 Å². The van der Waals surface area contributed by atoms with Crippen LogP contribution in [0, 0.1) is 0 Å². The maximum Gasteiger partial charge on any atom is 0.0701 e. The summed E-state index contributed by atoms with van der Waals surface area (Å²) < 4.78 is 6.64. The lowest BCUT2D eigenvalue weighted by molar-refractivity contribution is 0.133. The molecule has 2 nitrogen and oxygen atoms in total. The molecule has 0 radical (unpaired) electrons. The van der Waals surface area contributed by atoms with Gasteiger partial charge in [0.25, 0.3) is 0 Å². The molecule has 0 atom stereocenters. The number of ether oxygens (including phenoxy) is 1.